The highest BCUT2D eigenvalue weighted by Gasteiger charge is 2.19. The number of guanidine groups is 1. The highest BCUT2D eigenvalue weighted by atomic mass is 127. The Bertz CT molecular complexity index is 799. The van der Waals surface area contributed by atoms with Crippen LogP contribution in [0.3, 0.4) is 0 Å². The Morgan fingerprint density at radius 3 is 2.64 bits per heavy atom. The lowest BCUT2D eigenvalue weighted by Gasteiger charge is -2.35. The molecule has 1 saturated heterocycles. The molecule has 0 saturated carbocycles. The van der Waals surface area contributed by atoms with Crippen molar-refractivity contribution in [2.45, 2.75) is 0 Å². The highest BCUT2D eigenvalue weighted by Crippen LogP contribution is 2.34. The molecule has 0 aliphatic carbocycles. The molecule has 4 rings (SSSR count). The number of ether oxygens (including phenoxy) is 3. The summed E-state index contributed by atoms with van der Waals surface area (Å²) in [4.78, 5) is 17.2. The van der Waals surface area contributed by atoms with Crippen molar-refractivity contribution >= 4 is 35.9 Å². The maximum atomic E-state index is 6.12. The molecular formula is C18H23IN6O3. The molecule has 0 radical (unpaired) electrons. The van der Waals surface area contributed by atoms with Crippen LogP contribution in [0.25, 0.3) is 0 Å². The fraction of sp³-hybridized carbons (Fsp3) is 0.389. The SMILES string of the molecule is I.NC(=NCCOc1ccc2c(c1)OCO2)N1CCN(c2ncccn2)CC1. The molecule has 28 heavy (non-hydrogen) atoms. The van der Waals surface area contributed by atoms with Crippen LogP contribution in [0, 0.1) is 0 Å². The van der Waals surface area contributed by atoms with Crippen LogP contribution in [0.15, 0.2) is 41.7 Å². The van der Waals surface area contributed by atoms with Gasteiger partial charge in [0.15, 0.2) is 17.5 Å². The van der Waals surface area contributed by atoms with Crippen LogP contribution in [-0.4, -0.2) is 67.0 Å². The summed E-state index contributed by atoms with van der Waals surface area (Å²) in [5.74, 6) is 3.47. The molecule has 0 unspecified atom stereocenters. The van der Waals surface area contributed by atoms with Gasteiger partial charge in [0, 0.05) is 44.6 Å². The van der Waals surface area contributed by atoms with Gasteiger partial charge in [-0.15, -0.1) is 24.0 Å². The van der Waals surface area contributed by atoms with Gasteiger partial charge in [0.2, 0.25) is 12.7 Å². The summed E-state index contributed by atoms with van der Waals surface area (Å²) < 4.78 is 16.3. The van der Waals surface area contributed by atoms with Crippen molar-refractivity contribution in [2.24, 2.45) is 10.7 Å². The smallest absolute Gasteiger partial charge is 0.231 e. The lowest BCUT2D eigenvalue weighted by molar-refractivity contribution is 0.173. The Balaban J connectivity index is 0.00000225. The predicted molar refractivity (Wildman–Crippen MR) is 116 cm³/mol. The predicted octanol–water partition coefficient (Wildman–Crippen LogP) is 1.34. The van der Waals surface area contributed by atoms with Gasteiger partial charge in [-0.2, -0.15) is 0 Å². The minimum absolute atomic E-state index is 0. The summed E-state index contributed by atoms with van der Waals surface area (Å²) >= 11 is 0. The number of hydrogen-bond donors (Lipinski definition) is 1. The summed E-state index contributed by atoms with van der Waals surface area (Å²) in [5, 5.41) is 0. The van der Waals surface area contributed by atoms with Crippen LogP contribution < -0.4 is 24.8 Å². The summed E-state index contributed by atoms with van der Waals surface area (Å²) in [7, 11) is 0. The first-order chi connectivity index (χ1) is 13.3. The number of fused-ring (bicyclic) bond motifs is 1. The summed E-state index contributed by atoms with van der Waals surface area (Å²) in [6.07, 6.45) is 3.51. The molecule has 150 valence electrons. The van der Waals surface area contributed by atoms with Crippen LogP contribution in [0.5, 0.6) is 17.2 Å². The number of anilines is 1. The number of benzene rings is 1. The molecule has 0 amide bonds. The third-order valence-electron chi connectivity index (χ3n) is 4.42. The summed E-state index contributed by atoms with van der Waals surface area (Å²) in [6.45, 7) is 4.39. The highest BCUT2D eigenvalue weighted by molar-refractivity contribution is 14.0. The molecule has 3 heterocycles. The summed E-state index contributed by atoms with van der Waals surface area (Å²) in [5.41, 5.74) is 6.12. The van der Waals surface area contributed by atoms with Gasteiger partial charge in [0.05, 0.1) is 6.54 Å². The Hall–Kier alpha value is -2.50. The van der Waals surface area contributed by atoms with Gasteiger partial charge >= 0.3 is 0 Å². The quantitative estimate of drug-likeness (QED) is 0.286. The Morgan fingerprint density at radius 1 is 1.11 bits per heavy atom. The van der Waals surface area contributed by atoms with E-state index in [9.17, 15) is 0 Å². The molecule has 1 fully saturated rings. The van der Waals surface area contributed by atoms with Gasteiger partial charge < -0.3 is 29.7 Å². The number of piperazine rings is 1. The first-order valence-corrected chi connectivity index (χ1v) is 8.89. The third-order valence-corrected chi connectivity index (χ3v) is 4.42. The van der Waals surface area contributed by atoms with Gasteiger partial charge in [-0.05, 0) is 18.2 Å². The fourth-order valence-corrected chi connectivity index (χ4v) is 2.98. The first kappa shape index (κ1) is 20.2. The van der Waals surface area contributed by atoms with Crippen LogP contribution >= 0.6 is 24.0 Å². The maximum Gasteiger partial charge on any atom is 0.231 e. The normalized spacial score (nSPS) is 15.9. The molecule has 1 aromatic carbocycles. The van der Waals surface area contributed by atoms with Crippen LogP contribution in [0.1, 0.15) is 0 Å². The van der Waals surface area contributed by atoms with Crippen molar-refractivity contribution < 1.29 is 14.2 Å². The lowest BCUT2D eigenvalue weighted by atomic mass is 10.3. The Morgan fingerprint density at radius 2 is 1.86 bits per heavy atom. The second-order valence-electron chi connectivity index (χ2n) is 6.13. The number of rotatable bonds is 5. The van der Waals surface area contributed by atoms with E-state index in [0.29, 0.717) is 24.9 Å². The molecule has 0 spiro atoms. The van der Waals surface area contributed by atoms with Crippen LogP contribution in [-0.2, 0) is 0 Å². The average Bonchev–Trinajstić information content (AvgIpc) is 3.20. The zero-order valence-corrected chi connectivity index (χ0v) is 17.7. The van der Waals surface area contributed by atoms with Crippen molar-refractivity contribution in [2.75, 3.05) is 51.0 Å². The molecular weight excluding hydrogens is 475 g/mol. The fourth-order valence-electron chi connectivity index (χ4n) is 2.98. The topological polar surface area (TPSA) is 98.3 Å². The van der Waals surface area contributed by atoms with E-state index in [-0.39, 0.29) is 30.8 Å². The molecule has 0 atom stereocenters. The van der Waals surface area contributed by atoms with E-state index in [1.54, 1.807) is 12.4 Å². The second kappa shape index (κ2) is 9.62. The van der Waals surface area contributed by atoms with Crippen molar-refractivity contribution in [1.29, 1.82) is 0 Å². The average molecular weight is 498 g/mol. The molecule has 0 bridgehead atoms. The number of aliphatic imine (C=N–C) groups is 1. The van der Waals surface area contributed by atoms with Crippen molar-refractivity contribution in [3.8, 4) is 17.2 Å². The maximum absolute atomic E-state index is 6.12. The van der Waals surface area contributed by atoms with E-state index in [1.807, 2.05) is 24.3 Å². The van der Waals surface area contributed by atoms with Gasteiger partial charge in [0.1, 0.15) is 12.4 Å². The number of hydrogen-bond acceptors (Lipinski definition) is 7. The molecule has 2 aliphatic rings. The summed E-state index contributed by atoms with van der Waals surface area (Å²) in [6, 6.07) is 7.33. The van der Waals surface area contributed by atoms with Crippen LogP contribution in [0.4, 0.5) is 5.95 Å². The van der Waals surface area contributed by atoms with E-state index in [2.05, 4.69) is 24.8 Å². The molecule has 10 heteroatoms. The molecule has 2 aliphatic heterocycles. The zero-order valence-electron chi connectivity index (χ0n) is 15.4. The largest absolute Gasteiger partial charge is 0.492 e. The third kappa shape index (κ3) is 4.86. The zero-order chi connectivity index (χ0) is 18.5. The number of aromatic nitrogens is 2. The van der Waals surface area contributed by atoms with Crippen molar-refractivity contribution in [3.05, 3.63) is 36.7 Å². The van der Waals surface area contributed by atoms with E-state index in [1.165, 1.54) is 0 Å². The van der Waals surface area contributed by atoms with Gasteiger partial charge in [0.25, 0.3) is 0 Å². The lowest BCUT2D eigenvalue weighted by Crippen LogP contribution is -2.51. The monoisotopic (exact) mass is 498 g/mol. The van der Waals surface area contributed by atoms with Gasteiger partial charge in [-0.1, -0.05) is 0 Å². The molecule has 9 nitrogen and oxygen atoms in total. The van der Waals surface area contributed by atoms with Gasteiger partial charge in [-0.25, -0.2) is 15.0 Å². The minimum Gasteiger partial charge on any atom is -0.492 e. The number of nitrogens with zero attached hydrogens (tertiary/aromatic N) is 5. The van der Waals surface area contributed by atoms with E-state index >= 15 is 0 Å². The van der Waals surface area contributed by atoms with Crippen LogP contribution in [0.2, 0.25) is 0 Å². The molecule has 1 aromatic heterocycles. The minimum atomic E-state index is 0. The molecule has 2 N–H and O–H groups in total. The van der Waals surface area contributed by atoms with Crippen molar-refractivity contribution in [3.63, 3.8) is 0 Å². The Labute approximate surface area is 180 Å². The molecule has 2 aromatic rings. The van der Waals surface area contributed by atoms with Crippen molar-refractivity contribution in [1.82, 2.24) is 14.9 Å². The van der Waals surface area contributed by atoms with E-state index in [4.69, 9.17) is 19.9 Å². The van der Waals surface area contributed by atoms with Gasteiger partial charge in [-0.3, -0.25) is 0 Å². The first-order valence-electron chi connectivity index (χ1n) is 8.89. The second-order valence-corrected chi connectivity index (χ2v) is 6.13. The standard InChI is InChI=1S/C18H22N6O3.HI/c19-17(23-7-9-24(10-8-23)18-21-4-1-5-22-18)20-6-11-25-14-2-3-15-16(12-14)27-13-26-15;/h1-5,12H,6-11,13H2,(H2,19,20);1H. The van der Waals surface area contributed by atoms with E-state index < -0.39 is 0 Å². The number of nitrogens with two attached hydrogens (primary N) is 1. The number of halogens is 1. The Kier molecular flexibility index (Phi) is 6.95. The van der Waals surface area contributed by atoms with E-state index in [0.717, 1.165) is 43.6 Å².